The molecule has 1 atom stereocenters. The second-order valence-corrected chi connectivity index (χ2v) is 6.00. The summed E-state index contributed by atoms with van der Waals surface area (Å²) in [7, 11) is 3.27. The number of nitriles is 1. The molecule has 1 unspecified atom stereocenters. The molecule has 0 N–H and O–H groups in total. The van der Waals surface area contributed by atoms with Crippen molar-refractivity contribution in [3.8, 4) is 17.7 Å². The minimum absolute atomic E-state index is 0.189. The van der Waals surface area contributed by atoms with E-state index in [1.54, 1.807) is 14.2 Å². The Morgan fingerprint density at radius 1 is 1.35 bits per heavy atom. The number of benzene rings is 1. The Morgan fingerprint density at radius 3 is 2.57 bits per heavy atom. The van der Waals surface area contributed by atoms with Crippen molar-refractivity contribution in [3.05, 3.63) is 56.9 Å². The van der Waals surface area contributed by atoms with Gasteiger partial charge in [-0.25, -0.2) is 0 Å². The van der Waals surface area contributed by atoms with Gasteiger partial charge in [-0.3, -0.25) is 9.36 Å². The largest absolute Gasteiger partial charge is 0.497 e. The second kappa shape index (κ2) is 5.17. The van der Waals surface area contributed by atoms with Crippen LogP contribution in [0.1, 0.15) is 29.2 Å². The van der Waals surface area contributed by atoms with Crippen LogP contribution >= 0.6 is 0 Å². The third-order valence-electron chi connectivity index (χ3n) is 4.56. The Labute approximate surface area is 134 Å². The smallest absolute Gasteiger partial charge is 0.271 e. The first-order valence-corrected chi connectivity index (χ1v) is 7.37. The Hall–Kier alpha value is -2.74. The number of nitrogens with zero attached hydrogens (tertiary/aromatic N) is 2. The van der Waals surface area contributed by atoms with Gasteiger partial charge in [-0.2, -0.15) is 5.26 Å². The van der Waals surface area contributed by atoms with Crippen molar-refractivity contribution in [3.63, 3.8) is 0 Å². The van der Waals surface area contributed by atoms with E-state index in [9.17, 15) is 10.1 Å². The van der Waals surface area contributed by atoms with Gasteiger partial charge in [-0.1, -0.05) is 12.1 Å². The van der Waals surface area contributed by atoms with Gasteiger partial charge in [0.25, 0.3) is 5.56 Å². The summed E-state index contributed by atoms with van der Waals surface area (Å²) in [6.07, 6.45) is 0.614. The molecule has 0 saturated carbocycles. The van der Waals surface area contributed by atoms with Gasteiger partial charge in [-0.05, 0) is 37.1 Å². The van der Waals surface area contributed by atoms with Gasteiger partial charge in [0, 0.05) is 19.0 Å². The molecular formula is C18H18N2O3. The van der Waals surface area contributed by atoms with Gasteiger partial charge in [-0.15, -0.1) is 0 Å². The number of ether oxygens (including phenoxy) is 2. The average Bonchev–Trinajstić information content (AvgIpc) is 2.93. The molecule has 118 valence electrons. The molecule has 0 spiro atoms. The van der Waals surface area contributed by atoms with Crippen LogP contribution in [0.15, 0.2) is 29.1 Å². The lowest BCUT2D eigenvalue weighted by molar-refractivity contribution is 0.105. The van der Waals surface area contributed by atoms with E-state index in [-0.39, 0.29) is 11.1 Å². The van der Waals surface area contributed by atoms with E-state index in [0.29, 0.717) is 17.9 Å². The van der Waals surface area contributed by atoms with Gasteiger partial charge in [0.15, 0.2) is 0 Å². The first-order valence-electron chi connectivity index (χ1n) is 7.37. The highest BCUT2D eigenvalue weighted by atomic mass is 16.5. The molecule has 0 amide bonds. The number of hydrogen-bond acceptors (Lipinski definition) is 4. The van der Waals surface area contributed by atoms with Crippen molar-refractivity contribution in [2.45, 2.75) is 25.9 Å². The summed E-state index contributed by atoms with van der Waals surface area (Å²) in [4.78, 5) is 12.3. The summed E-state index contributed by atoms with van der Waals surface area (Å²) < 4.78 is 12.8. The zero-order valence-corrected chi connectivity index (χ0v) is 13.6. The van der Waals surface area contributed by atoms with E-state index in [1.807, 2.05) is 44.2 Å². The fourth-order valence-electron chi connectivity index (χ4n) is 3.10. The predicted octanol–water partition coefficient (Wildman–Crippen LogP) is 2.42. The first-order chi connectivity index (χ1) is 10.9. The zero-order valence-electron chi connectivity index (χ0n) is 13.6. The van der Waals surface area contributed by atoms with Crippen LogP contribution in [0.4, 0.5) is 0 Å². The SMILES string of the molecule is COc1ccc(C2(C)Cc3c(C)c(C#N)c(=O)n(C)c3O2)cc1. The summed E-state index contributed by atoms with van der Waals surface area (Å²) in [5.74, 6) is 1.33. The molecule has 1 aliphatic heterocycles. The molecule has 1 aromatic carbocycles. The highest BCUT2D eigenvalue weighted by Crippen LogP contribution is 2.42. The lowest BCUT2D eigenvalue weighted by atomic mass is 9.89. The van der Waals surface area contributed by atoms with Crippen molar-refractivity contribution >= 4 is 0 Å². The zero-order chi connectivity index (χ0) is 16.8. The highest BCUT2D eigenvalue weighted by Gasteiger charge is 2.40. The molecule has 0 bridgehead atoms. The molecule has 5 nitrogen and oxygen atoms in total. The third-order valence-corrected chi connectivity index (χ3v) is 4.56. The maximum atomic E-state index is 12.3. The first kappa shape index (κ1) is 15.2. The maximum Gasteiger partial charge on any atom is 0.271 e. The van der Waals surface area contributed by atoms with E-state index in [0.717, 1.165) is 16.9 Å². The van der Waals surface area contributed by atoms with Crippen molar-refractivity contribution < 1.29 is 9.47 Å². The number of fused-ring (bicyclic) bond motifs is 1. The number of aromatic nitrogens is 1. The third kappa shape index (κ3) is 2.18. The highest BCUT2D eigenvalue weighted by molar-refractivity contribution is 5.50. The van der Waals surface area contributed by atoms with E-state index < -0.39 is 5.60 Å². The predicted molar refractivity (Wildman–Crippen MR) is 85.8 cm³/mol. The van der Waals surface area contributed by atoms with Crippen LogP contribution in [0.5, 0.6) is 11.6 Å². The molecular weight excluding hydrogens is 292 g/mol. The summed E-state index contributed by atoms with van der Waals surface area (Å²) in [5.41, 5.74) is 1.93. The fourth-order valence-corrected chi connectivity index (χ4v) is 3.10. The number of rotatable bonds is 2. The minimum atomic E-state index is -0.572. The molecule has 0 radical (unpaired) electrons. The van der Waals surface area contributed by atoms with Crippen LogP contribution in [-0.4, -0.2) is 11.7 Å². The van der Waals surface area contributed by atoms with Crippen LogP contribution in [0.25, 0.3) is 0 Å². The Bertz CT molecular complexity index is 875. The van der Waals surface area contributed by atoms with Crippen LogP contribution in [0.2, 0.25) is 0 Å². The van der Waals surface area contributed by atoms with Crippen LogP contribution in [0, 0.1) is 18.3 Å². The fraction of sp³-hybridized carbons (Fsp3) is 0.333. The number of methoxy groups -OCH3 is 1. The lowest BCUT2D eigenvalue weighted by Crippen LogP contribution is -2.28. The summed E-state index contributed by atoms with van der Waals surface area (Å²) >= 11 is 0. The van der Waals surface area contributed by atoms with E-state index >= 15 is 0 Å². The Balaban J connectivity index is 2.10. The van der Waals surface area contributed by atoms with Crippen molar-refractivity contribution in [1.82, 2.24) is 4.57 Å². The summed E-state index contributed by atoms with van der Waals surface area (Å²) in [5, 5.41) is 9.24. The molecule has 0 aliphatic carbocycles. The average molecular weight is 310 g/mol. The van der Waals surface area contributed by atoms with Crippen LogP contribution in [0.3, 0.4) is 0 Å². The molecule has 5 heteroatoms. The van der Waals surface area contributed by atoms with E-state index in [4.69, 9.17) is 9.47 Å². The van der Waals surface area contributed by atoms with Crippen LogP contribution < -0.4 is 15.0 Å². The van der Waals surface area contributed by atoms with Gasteiger partial charge in [0.1, 0.15) is 23.0 Å². The van der Waals surface area contributed by atoms with Gasteiger partial charge in [0.2, 0.25) is 5.88 Å². The van der Waals surface area contributed by atoms with Gasteiger partial charge in [0.05, 0.1) is 7.11 Å². The summed E-state index contributed by atoms with van der Waals surface area (Å²) in [6, 6.07) is 9.71. The summed E-state index contributed by atoms with van der Waals surface area (Å²) in [6.45, 7) is 3.80. The van der Waals surface area contributed by atoms with Crippen LogP contribution in [-0.2, 0) is 19.1 Å². The van der Waals surface area contributed by atoms with Gasteiger partial charge >= 0.3 is 0 Å². The minimum Gasteiger partial charge on any atom is -0.497 e. The molecule has 23 heavy (non-hydrogen) atoms. The molecule has 2 heterocycles. The molecule has 0 fully saturated rings. The molecule has 2 aromatic rings. The van der Waals surface area contributed by atoms with Crippen molar-refractivity contribution in [1.29, 1.82) is 5.26 Å². The normalized spacial score (nSPS) is 18.9. The number of pyridine rings is 1. The van der Waals surface area contributed by atoms with E-state index in [2.05, 4.69) is 0 Å². The second-order valence-electron chi connectivity index (χ2n) is 6.00. The standard InChI is InChI=1S/C18H18N2O3/c1-11-14-9-18(2,12-5-7-13(22-4)8-6-12)23-17(14)20(3)16(21)15(11)10-19/h5-8H,9H2,1-4H3. The maximum absolute atomic E-state index is 12.3. The van der Waals surface area contributed by atoms with Crippen molar-refractivity contribution in [2.75, 3.05) is 7.11 Å². The molecule has 1 aromatic heterocycles. The quantitative estimate of drug-likeness (QED) is 0.854. The Morgan fingerprint density at radius 2 is 2.00 bits per heavy atom. The van der Waals surface area contributed by atoms with E-state index in [1.165, 1.54) is 4.57 Å². The molecule has 3 rings (SSSR count). The topological polar surface area (TPSA) is 64.2 Å². The van der Waals surface area contributed by atoms with Crippen molar-refractivity contribution in [2.24, 2.45) is 7.05 Å². The molecule has 0 saturated heterocycles. The number of hydrogen-bond donors (Lipinski definition) is 0. The van der Waals surface area contributed by atoms with Gasteiger partial charge < -0.3 is 9.47 Å². The monoisotopic (exact) mass is 310 g/mol. The molecule has 1 aliphatic rings. The lowest BCUT2D eigenvalue weighted by Gasteiger charge is -2.24. The Kier molecular flexibility index (Phi) is 3.41.